The molecule has 0 unspecified atom stereocenters. The van der Waals surface area contributed by atoms with E-state index in [1.165, 1.54) is 4.90 Å². The number of nitrogens with two attached hydrogens (primary N) is 1. The summed E-state index contributed by atoms with van der Waals surface area (Å²) in [6, 6.07) is 2.13. The standard InChI is InChI=1S/C12H15F2N3O/c1-16-4-6-17(7-5-16)12(18)10-8(13)2-3-9(15)11(10)14/h2-3H,4-7,15H2,1H3. The highest BCUT2D eigenvalue weighted by atomic mass is 19.1. The molecule has 1 fully saturated rings. The van der Waals surface area contributed by atoms with Gasteiger partial charge in [0.15, 0.2) is 5.82 Å². The third kappa shape index (κ3) is 2.28. The van der Waals surface area contributed by atoms with Crippen molar-refractivity contribution in [2.75, 3.05) is 39.0 Å². The molecule has 1 aromatic rings. The highest BCUT2D eigenvalue weighted by Crippen LogP contribution is 2.20. The molecule has 1 saturated heterocycles. The van der Waals surface area contributed by atoms with Gasteiger partial charge >= 0.3 is 0 Å². The fourth-order valence-corrected chi connectivity index (χ4v) is 1.93. The van der Waals surface area contributed by atoms with Crippen molar-refractivity contribution in [3.63, 3.8) is 0 Å². The molecule has 2 N–H and O–H groups in total. The van der Waals surface area contributed by atoms with Gasteiger partial charge in [-0.1, -0.05) is 0 Å². The molecule has 2 rings (SSSR count). The smallest absolute Gasteiger partial charge is 0.259 e. The summed E-state index contributed by atoms with van der Waals surface area (Å²) in [4.78, 5) is 15.6. The van der Waals surface area contributed by atoms with Crippen LogP contribution >= 0.6 is 0 Å². The van der Waals surface area contributed by atoms with Gasteiger partial charge in [0.1, 0.15) is 11.4 Å². The molecular formula is C12H15F2N3O. The van der Waals surface area contributed by atoms with E-state index in [1.54, 1.807) is 0 Å². The van der Waals surface area contributed by atoms with Crippen LogP contribution in [0.4, 0.5) is 14.5 Å². The lowest BCUT2D eigenvalue weighted by atomic mass is 10.1. The second kappa shape index (κ2) is 4.89. The average Bonchev–Trinajstić information content (AvgIpc) is 2.35. The number of hydrogen-bond acceptors (Lipinski definition) is 3. The van der Waals surface area contributed by atoms with E-state index in [0.29, 0.717) is 26.2 Å². The topological polar surface area (TPSA) is 49.6 Å². The highest BCUT2D eigenvalue weighted by molar-refractivity contribution is 5.95. The van der Waals surface area contributed by atoms with Gasteiger partial charge in [-0.25, -0.2) is 8.78 Å². The molecule has 1 aliphatic heterocycles. The van der Waals surface area contributed by atoms with E-state index < -0.39 is 23.1 Å². The van der Waals surface area contributed by atoms with Crippen LogP contribution < -0.4 is 5.73 Å². The molecule has 0 spiro atoms. The van der Waals surface area contributed by atoms with Gasteiger partial charge < -0.3 is 15.5 Å². The molecule has 98 valence electrons. The number of carbonyl (C=O) groups excluding carboxylic acids is 1. The van der Waals surface area contributed by atoms with E-state index in [-0.39, 0.29) is 5.69 Å². The highest BCUT2D eigenvalue weighted by Gasteiger charge is 2.26. The van der Waals surface area contributed by atoms with Gasteiger partial charge in [-0.05, 0) is 19.2 Å². The van der Waals surface area contributed by atoms with Crippen molar-refractivity contribution in [3.8, 4) is 0 Å². The van der Waals surface area contributed by atoms with Crippen molar-refractivity contribution < 1.29 is 13.6 Å². The first kappa shape index (κ1) is 12.8. The Bertz CT molecular complexity index is 471. The summed E-state index contributed by atoms with van der Waals surface area (Å²) in [5.41, 5.74) is 4.59. The number of amides is 1. The Hall–Kier alpha value is -1.69. The molecule has 0 aliphatic carbocycles. The molecule has 0 radical (unpaired) electrons. The summed E-state index contributed by atoms with van der Waals surface area (Å²) >= 11 is 0. The first-order valence-corrected chi connectivity index (χ1v) is 5.72. The lowest BCUT2D eigenvalue weighted by Crippen LogP contribution is -2.47. The van der Waals surface area contributed by atoms with Crippen LogP contribution in [-0.4, -0.2) is 48.9 Å². The van der Waals surface area contributed by atoms with Crippen LogP contribution in [0, 0.1) is 11.6 Å². The van der Waals surface area contributed by atoms with Gasteiger partial charge in [-0.2, -0.15) is 0 Å². The summed E-state index contributed by atoms with van der Waals surface area (Å²) < 4.78 is 27.3. The molecule has 1 aromatic carbocycles. The van der Waals surface area contributed by atoms with Crippen molar-refractivity contribution in [3.05, 3.63) is 29.3 Å². The lowest BCUT2D eigenvalue weighted by molar-refractivity contribution is 0.0654. The van der Waals surface area contributed by atoms with E-state index >= 15 is 0 Å². The largest absolute Gasteiger partial charge is 0.396 e. The fraction of sp³-hybridized carbons (Fsp3) is 0.417. The summed E-state index contributed by atoms with van der Waals surface area (Å²) in [6.45, 7) is 2.31. The molecule has 1 amide bonds. The second-order valence-electron chi connectivity index (χ2n) is 4.42. The number of carbonyl (C=O) groups is 1. The first-order chi connectivity index (χ1) is 8.50. The predicted molar refractivity (Wildman–Crippen MR) is 64.2 cm³/mol. The first-order valence-electron chi connectivity index (χ1n) is 5.72. The van der Waals surface area contributed by atoms with Crippen LogP contribution in [0.3, 0.4) is 0 Å². The van der Waals surface area contributed by atoms with E-state index in [1.807, 2.05) is 7.05 Å². The quantitative estimate of drug-likeness (QED) is 0.760. The second-order valence-corrected chi connectivity index (χ2v) is 4.42. The zero-order valence-electron chi connectivity index (χ0n) is 10.1. The number of halogens is 2. The van der Waals surface area contributed by atoms with Crippen LogP contribution in [0.1, 0.15) is 10.4 Å². The van der Waals surface area contributed by atoms with Crippen LogP contribution in [0.5, 0.6) is 0 Å². The molecule has 1 heterocycles. The monoisotopic (exact) mass is 255 g/mol. The number of anilines is 1. The Morgan fingerprint density at radius 3 is 2.44 bits per heavy atom. The lowest BCUT2D eigenvalue weighted by Gasteiger charge is -2.32. The minimum absolute atomic E-state index is 0.214. The minimum atomic E-state index is -0.973. The summed E-state index contributed by atoms with van der Waals surface area (Å²) in [5.74, 6) is -2.48. The maximum absolute atomic E-state index is 13.7. The van der Waals surface area contributed by atoms with E-state index in [0.717, 1.165) is 12.1 Å². The number of piperazine rings is 1. The molecular weight excluding hydrogens is 240 g/mol. The van der Waals surface area contributed by atoms with Gasteiger partial charge in [0.05, 0.1) is 5.69 Å². The van der Waals surface area contributed by atoms with E-state index in [2.05, 4.69) is 4.90 Å². The number of benzene rings is 1. The summed E-state index contributed by atoms with van der Waals surface area (Å²) in [7, 11) is 1.93. The number of likely N-dealkylation sites (N-methyl/N-ethyl adjacent to an activating group) is 1. The van der Waals surface area contributed by atoms with Crippen molar-refractivity contribution >= 4 is 11.6 Å². The molecule has 0 aromatic heterocycles. The molecule has 4 nitrogen and oxygen atoms in total. The van der Waals surface area contributed by atoms with Crippen molar-refractivity contribution in [1.29, 1.82) is 0 Å². The zero-order valence-corrected chi connectivity index (χ0v) is 10.1. The third-order valence-electron chi connectivity index (χ3n) is 3.13. The molecule has 18 heavy (non-hydrogen) atoms. The third-order valence-corrected chi connectivity index (χ3v) is 3.13. The maximum atomic E-state index is 13.7. The Morgan fingerprint density at radius 1 is 1.22 bits per heavy atom. The van der Waals surface area contributed by atoms with Crippen LogP contribution in [0.25, 0.3) is 0 Å². The summed E-state index contributed by atoms with van der Waals surface area (Å²) in [6.07, 6.45) is 0. The maximum Gasteiger partial charge on any atom is 0.259 e. The zero-order chi connectivity index (χ0) is 13.3. The average molecular weight is 255 g/mol. The number of nitrogen functional groups attached to an aromatic ring is 1. The Balaban J connectivity index is 2.26. The Morgan fingerprint density at radius 2 is 1.83 bits per heavy atom. The van der Waals surface area contributed by atoms with Gasteiger partial charge in [-0.3, -0.25) is 4.79 Å². The molecule has 0 saturated carbocycles. The number of rotatable bonds is 1. The van der Waals surface area contributed by atoms with Crippen LogP contribution in [0.2, 0.25) is 0 Å². The van der Waals surface area contributed by atoms with Gasteiger partial charge in [-0.15, -0.1) is 0 Å². The van der Waals surface area contributed by atoms with Crippen molar-refractivity contribution in [2.24, 2.45) is 0 Å². The van der Waals surface area contributed by atoms with Crippen LogP contribution in [-0.2, 0) is 0 Å². The minimum Gasteiger partial charge on any atom is -0.396 e. The van der Waals surface area contributed by atoms with Crippen molar-refractivity contribution in [2.45, 2.75) is 0 Å². The normalized spacial score (nSPS) is 16.9. The number of hydrogen-bond donors (Lipinski definition) is 1. The van der Waals surface area contributed by atoms with E-state index in [9.17, 15) is 13.6 Å². The molecule has 0 atom stereocenters. The molecule has 0 bridgehead atoms. The SMILES string of the molecule is CN1CCN(C(=O)c2c(F)ccc(N)c2F)CC1. The van der Waals surface area contributed by atoms with Crippen LogP contribution in [0.15, 0.2) is 12.1 Å². The van der Waals surface area contributed by atoms with E-state index in [4.69, 9.17) is 5.73 Å². The van der Waals surface area contributed by atoms with Crippen molar-refractivity contribution in [1.82, 2.24) is 9.80 Å². The predicted octanol–water partition coefficient (Wildman–Crippen LogP) is 0.935. The summed E-state index contributed by atoms with van der Waals surface area (Å²) in [5, 5.41) is 0. The van der Waals surface area contributed by atoms with Gasteiger partial charge in [0, 0.05) is 26.2 Å². The number of nitrogens with zero attached hydrogens (tertiary/aromatic N) is 2. The fourth-order valence-electron chi connectivity index (χ4n) is 1.93. The van der Waals surface area contributed by atoms with Gasteiger partial charge in [0.2, 0.25) is 0 Å². The molecule has 1 aliphatic rings. The van der Waals surface area contributed by atoms with Gasteiger partial charge in [0.25, 0.3) is 5.91 Å². The Kier molecular flexibility index (Phi) is 3.47. The Labute approximate surface area is 104 Å². The molecule has 6 heteroatoms.